The molecule has 3 aromatic rings. The van der Waals surface area contributed by atoms with Gasteiger partial charge in [-0.05, 0) is 42.0 Å². The number of hydrogen-bond donors (Lipinski definition) is 0. The number of ether oxygens (including phenoxy) is 1. The molecule has 5 heteroatoms. The first kappa shape index (κ1) is 15.8. The highest BCUT2D eigenvalue weighted by molar-refractivity contribution is 7.98. The third-order valence-corrected chi connectivity index (χ3v) is 4.55. The summed E-state index contributed by atoms with van der Waals surface area (Å²) in [5.41, 5.74) is 3.03. The predicted molar refractivity (Wildman–Crippen MR) is 95.0 cm³/mol. The van der Waals surface area contributed by atoms with Gasteiger partial charge < -0.3 is 4.74 Å². The van der Waals surface area contributed by atoms with Crippen molar-refractivity contribution in [2.24, 2.45) is 0 Å². The molecule has 0 bridgehead atoms. The van der Waals surface area contributed by atoms with E-state index < -0.39 is 0 Å². The molecule has 3 nitrogen and oxygen atoms in total. The van der Waals surface area contributed by atoms with Crippen LogP contribution in [0.5, 0.6) is 5.75 Å². The Morgan fingerprint density at radius 3 is 2.52 bits per heavy atom. The lowest BCUT2D eigenvalue weighted by Crippen LogP contribution is -1.91. The van der Waals surface area contributed by atoms with Crippen LogP contribution in [0, 0.1) is 0 Å². The van der Waals surface area contributed by atoms with Gasteiger partial charge in [-0.25, -0.2) is 0 Å². The van der Waals surface area contributed by atoms with Crippen molar-refractivity contribution in [3.05, 3.63) is 71.2 Å². The fourth-order valence-corrected chi connectivity index (χ4v) is 2.97. The van der Waals surface area contributed by atoms with Gasteiger partial charge in [-0.15, -0.1) is 10.2 Å². The Kier molecular flexibility index (Phi) is 5.16. The van der Waals surface area contributed by atoms with Crippen LogP contribution in [-0.2, 0) is 5.75 Å². The quantitative estimate of drug-likeness (QED) is 0.604. The van der Waals surface area contributed by atoms with Crippen LogP contribution in [0.1, 0.15) is 5.56 Å². The van der Waals surface area contributed by atoms with Crippen molar-refractivity contribution in [1.29, 1.82) is 0 Å². The molecule has 1 aromatic heterocycles. The van der Waals surface area contributed by atoms with Gasteiger partial charge in [0.05, 0.1) is 12.8 Å². The maximum Gasteiger partial charge on any atom is 0.119 e. The third-order valence-electron chi connectivity index (χ3n) is 3.31. The molecule has 2 aromatic carbocycles. The molecule has 0 atom stereocenters. The van der Waals surface area contributed by atoms with Crippen molar-refractivity contribution in [2.75, 3.05) is 7.11 Å². The summed E-state index contributed by atoms with van der Waals surface area (Å²) in [6, 6.07) is 19.6. The second kappa shape index (κ2) is 7.49. The van der Waals surface area contributed by atoms with E-state index in [1.54, 1.807) is 18.9 Å². The summed E-state index contributed by atoms with van der Waals surface area (Å²) in [4.78, 5) is 0. The van der Waals surface area contributed by atoms with Crippen LogP contribution in [0.15, 0.2) is 65.7 Å². The van der Waals surface area contributed by atoms with E-state index in [4.69, 9.17) is 16.3 Å². The fraction of sp³-hybridized carbons (Fsp3) is 0.111. The molecule has 0 saturated carbocycles. The van der Waals surface area contributed by atoms with E-state index in [-0.39, 0.29) is 0 Å². The van der Waals surface area contributed by atoms with Crippen molar-refractivity contribution in [3.63, 3.8) is 0 Å². The van der Waals surface area contributed by atoms with Gasteiger partial charge in [0, 0.05) is 16.3 Å². The van der Waals surface area contributed by atoms with Crippen molar-refractivity contribution in [1.82, 2.24) is 10.2 Å². The van der Waals surface area contributed by atoms with Crippen molar-refractivity contribution < 1.29 is 4.74 Å². The van der Waals surface area contributed by atoms with Gasteiger partial charge in [0.2, 0.25) is 0 Å². The summed E-state index contributed by atoms with van der Waals surface area (Å²) in [5, 5.41) is 10.2. The Bertz CT molecular complexity index is 776. The van der Waals surface area contributed by atoms with E-state index in [9.17, 15) is 0 Å². The second-order valence-electron chi connectivity index (χ2n) is 4.90. The highest BCUT2D eigenvalue weighted by Gasteiger charge is 2.04. The number of nitrogens with zero attached hydrogens (tertiary/aromatic N) is 2. The van der Waals surface area contributed by atoms with Crippen LogP contribution >= 0.6 is 23.4 Å². The van der Waals surface area contributed by atoms with Gasteiger partial charge in [0.1, 0.15) is 10.8 Å². The lowest BCUT2D eigenvalue weighted by molar-refractivity contribution is 0.415. The zero-order valence-electron chi connectivity index (χ0n) is 12.6. The molecule has 116 valence electrons. The second-order valence-corrected chi connectivity index (χ2v) is 6.34. The van der Waals surface area contributed by atoms with Crippen LogP contribution in [0.4, 0.5) is 0 Å². The number of aromatic nitrogens is 2. The largest absolute Gasteiger partial charge is 0.497 e. The van der Waals surface area contributed by atoms with Crippen molar-refractivity contribution in [2.45, 2.75) is 10.8 Å². The molecule has 3 rings (SSSR count). The molecule has 1 heterocycles. The minimum absolute atomic E-state index is 0.751. The van der Waals surface area contributed by atoms with Crippen LogP contribution in [-0.4, -0.2) is 17.3 Å². The van der Waals surface area contributed by atoms with E-state index in [1.165, 1.54) is 5.56 Å². The van der Waals surface area contributed by atoms with Gasteiger partial charge in [0.25, 0.3) is 0 Å². The average Bonchev–Trinajstić information content (AvgIpc) is 2.62. The Hall–Kier alpha value is -2.04. The van der Waals surface area contributed by atoms with E-state index >= 15 is 0 Å². The normalized spacial score (nSPS) is 10.5. The topological polar surface area (TPSA) is 35.0 Å². The molecule has 0 saturated heterocycles. The van der Waals surface area contributed by atoms with Gasteiger partial charge in [-0.2, -0.15) is 0 Å². The van der Waals surface area contributed by atoms with Gasteiger partial charge in [-0.3, -0.25) is 0 Å². The van der Waals surface area contributed by atoms with Crippen LogP contribution in [0.25, 0.3) is 11.3 Å². The summed E-state index contributed by atoms with van der Waals surface area (Å²) in [6.07, 6.45) is 0. The maximum absolute atomic E-state index is 5.89. The van der Waals surface area contributed by atoms with Gasteiger partial charge in [0.15, 0.2) is 0 Å². The molecule has 0 fully saturated rings. The zero-order chi connectivity index (χ0) is 16.1. The summed E-state index contributed by atoms with van der Waals surface area (Å²) >= 11 is 7.54. The first-order chi connectivity index (χ1) is 11.2. The molecule has 0 amide bonds. The number of methoxy groups -OCH3 is 1. The number of thioether (sulfide) groups is 1. The highest BCUT2D eigenvalue weighted by atomic mass is 35.5. The van der Waals surface area contributed by atoms with E-state index in [1.807, 2.05) is 60.7 Å². The SMILES string of the molecule is COc1cccc(-c2ccc(SCc3ccc(Cl)cc3)nn2)c1. The Morgan fingerprint density at radius 2 is 1.83 bits per heavy atom. The minimum Gasteiger partial charge on any atom is -0.497 e. The molecule has 0 aliphatic heterocycles. The zero-order valence-corrected chi connectivity index (χ0v) is 14.1. The van der Waals surface area contributed by atoms with Crippen LogP contribution < -0.4 is 4.74 Å². The smallest absolute Gasteiger partial charge is 0.119 e. The predicted octanol–water partition coefficient (Wildman–Crippen LogP) is 5.10. The molecule has 0 N–H and O–H groups in total. The summed E-state index contributed by atoms with van der Waals surface area (Å²) < 4.78 is 5.23. The number of rotatable bonds is 5. The summed E-state index contributed by atoms with van der Waals surface area (Å²) in [5.74, 6) is 1.65. The molecule has 0 unspecified atom stereocenters. The maximum atomic E-state index is 5.89. The minimum atomic E-state index is 0.751. The summed E-state index contributed by atoms with van der Waals surface area (Å²) in [7, 11) is 1.65. The standard InChI is InChI=1S/C18H15ClN2OS/c1-22-16-4-2-3-14(11-16)17-9-10-18(21-20-17)23-12-13-5-7-15(19)8-6-13/h2-11H,12H2,1H3. The third kappa shape index (κ3) is 4.24. The van der Waals surface area contributed by atoms with Crippen molar-refractivity contribution >= 4 is 23.4 Å². The number of benzene rings is 2. The molecular formula is C18H15ClN2OS. The Morgan fingerprint density at radius 1 is 1.00 bits per heavy atom. The average molecular weight is 343 g/mol. The fourth-order valence-electron chi connectivity index (χ4n) is 2.07. The monoisotopic (exact) mass is 342 g/mol. The molecule has 0 aliphatic rings. The summed E-state index contributed by atoms with van der Waals surface area (Å²) in [6.45, 7) is 0. The number of hydrogen-bond acceptors (Lipinski definition) is 4. The first-order valence-corrected chi connectivity index (χ1v) is 8.46. The molecular weight excluding hydrogens is 328 g/mol. The molecule has 0 aliphatic carbocycles. The van der Waals surface area contributed by atoms with Gasteiger partial charge >= 0.3 is 0 Å². The van der Waals surface area contributed by atoms with Crippen molar-refractivity contribution in [3.8, 4) is 17.0 Å². The lowest BCUT2D eigenvalue weighted by atomic mass is 10.1. The van der Waals surface area contributed by atoms with E-state index in [0.717, 1.165) is 32.8 Å². The van der Waals surface area contributed by atoms with Crippen LogP contribution in [0.3, 0.4) is 0 Å². The van der Waals surface area contributed by atoms with Gasteiger partial charge in [-0.1, -0.05) is 47.6 Å². The van der Waals surface area contributed by atoms with E-state index in [2.05, 4.69) is 10.2 Å². The first-order valence-electron chi connectivity index (χ1n) is 7.10. The highest BCUT2D eigenvalue weighted by Crippen LogP contribution is 2.25. The molecule has 23 heavy (non-hydrogen) atoms. The molecule has 0 radical (unpaired) electrons. The van der Waals surface area contributed by atoms with Crippen LogP contribution in [0.2, 0.25) is 5.02 Å². The Labute approximate surface area is 144 Å². The molecule has 0 spiro atoms. The lowest BCUT2D eigenvalue weighted by Gasteiger charge is -2.05. The number of halogens is 1. The Balaban J connectivity index is 1.68. The van der Waals surface area contributed by atoms with E-state index in [0.29, 0.717) is 0 Å².